The van der Waals surface area contributed by atoms with Gasteiger partial charge >= 0.3 is 0 Å². The summed E-state index contributed by atoms with van der Waals surface area (Å²) in [4.78, 5) is 21.3. The monoisotopic (exact) mass is 354 g/mol. The number of benzene rings is 2. The van der Waals surface area contributed by atoms with Crippen molar-refractivity contribution >= 4 is 29.1 Å². The zero-order valence-corrected chi connectivity index (χ0v) is 14.6. The molecule has 2 aromatic carbocycles. The summed E-state index contributed by atoms with van der Waals surface area (Å²) >= 11 is 7.39. The molecule has 1 aromatic heterocycles. The topological polar surface area (TPSA) is 42.9 Å². The van der Waals surface area contributed by atoms with Crippen LogP contribution < -0.4 is 0 Å². The predicted molar refractivity (Wildman–Crippen MR) is 98.7 cm³/mol. The maximum atomic E-state index is 12.3. The Labute approximate surface area is 150 Å². The Morgan fingerprint density at radius 3 is 2.50 bits per heavy atom. The quantitative estimate of drug-likeness (QED) is 0.364. The van der Waals surface area contributed by atoms with Crippen LogP contribution in [0.2, 0.25) is 5.02 Å². The molecule has 3 rings (SSSR count). The van der Waals surface area contributed by atoms with Gasteiger partial charge in [-0.15, -0.1) is 0 Å². The fourth-order valence-corrected chi connectivity index (χ4v) is 3.29. The summed E-state index contributed by atoms with van der Waals surface area (Å²) in [6.45, 7) is 1.92. The molecule has 0 unspecified atom stereocenters. The molecule has 0 spiro atoms. The highest BCUT2D eigenvalue weighted by molar-refractivity contribution is 7.99. The normalized spacial score (nSPS) is 10.6. The zero-order valence-electron chi connectivity index (χ0n) is 13.1. The van der Waals surface area contributed by atoms with Crippen molar-refractivity contribution in [3.8, 4) is 11.3 Å². The van der Waals surface area contributed by atoms with E-state index in [0.29, 0.717) is 15.7 Å². The predicted octanol–water partition coefficient (Wildman–Crippen LogP) is 5.08. The maximum Gasteiger partial charge on any atom is 0.188 e. The van der Waals surface area contributed by atoms with Crippen LogP contribution in [0.4, 0.5) is 0 Å². The molecule has 0 N–H and O–H groups in total. The van der Waals surface area contributed by atoms with Crippen molar-refractivity contribution in [3.05, 3.63) is 76.9 Å². The lowest BCUT2D eigenvalue weighted by atomic mass is 10.1. The number of nitrogens with zero attached hydrogens (tertiary/aromatic N) is 2. The van der Waals surface area contributed by atoms with Crippen molar-refractivity contribution in [1.29, 1.82) is 0 Å². The molecule has 3 aromatic rings. The number of Topliss-reactive ketones (excluding diaryl/α,β-unsaturated/α-hetero) is 1. The first-order valence-corrected chi connectivity index (χ1v) is 8.81. The standard InChI is InChI=1S/C19H15ClN2OS/c1-13-11-17(14-7-3-2-4-8-14)22-19(21-13)24-12-18(23)15-9-5-6-10-16(15)20/h2-11H,12H2,1H3. The van der Waals surface area contributed by atoms with E-state index in [4.69, 9.17) is 11.6 Å². The molecule has 0 saturated heterocycles. The second-order valence-electron chi connectivity index (χ2n) is 5.23. The van der Waals surface area contributed by atoms with Crippen LogP contribution in [0.15, 0.2) is 65.8 Å². The van der Waals surface area contributed by atoms with Crippen LogP contribution in [-0.2, 0) is 0 Å². The average molecular weight is 355 g/mol. The first-order chi connectivity index (χ1) is 11.6. The highest BCUT2D eigenvalue weighted by Gasteiger charge is 2.12. The minimum absolute atomic E-state index is 0.0306. The number of hydrogen-bond acceptors (Lipinski definition) is 4. The number of hydrogen-bond donors (Lipinski definition) is 0. The van der Waals surface area contributed by atoms with Crippen LogP contribution in [0, 0.1) is 6.92 Å². The van der Waals surface area contributed by atoms with E-state index < -0.39 is 0 Å². The smallest absolute Gasteiger partial charge is 0.188 e. The van der Waals surface area contributed by atoms with Crippen molar-refractivity contribution in [2.45, 2.75) is 12.1 Å². The molecule has 24 heavy (non-hydrogen) atoms. The van der Waals surface area contributed by atoms with Gasteiger partial charge in [0.25, 0.3) is 0 Å². The van der Waals surface area contributed by atoms with Crippen LogP contribution >= 0.6 is 23.4 Å². The molecule has 5 heteroatoms. The van der Waals surface area contributed by atoms with E-state index in [2.05, 4.69) is 9.97 Å². The van der Waals surface area contributed by atoms with Gasteiger partial charge < -0.3 is 0 Å². The van der Waals surface area contributed by atoms with Crippen molar-refractivity contribution in [3.63, 3.8) is 0 Å². The Kier molecular flexibility index (Phi) is 5.28. The second-order valence-corrected chi connectivity index (χ2v) is 6.58. The van der Waals surface area contributed by atoms with Gasteiger partial charge in [0.1, 0.15) is 0 Å². The van der Waals surface area contributed by atoms with Crippen LogP contribution in [-0.4, -0.2) is 21.5 Å². The van der Waals surface area contributed by atoms with E-state index in [0.717, 1.165) is 17.0 Å². The fourth-order valence-electron chi connectivity index (χ4n) is 2.26. The summed E-state index contributed by atoms with van der Waals surface area (Å²) in [5.41, 5.74) is 3.29. The largest absolute Gasteiger partial charge is 0.293 e. The molecule has 0 aliphatic heterocycles. The molecule has 1 heterocycles. The van der Waals surface area contributed by atoms with E-state index in [-0.39, 0.29) is 11.5 Å². The van der Waals surface area contributed by atoms with Crippen LogP contribution in [0.25, 0.3) is 11.3 Å². The third kappa shape index (κ3) is 4.02. The highest BCUT2D eigenvalue weighted by atomic mass is 35.5. The molecule has 0 bridgehead atoms. The molecule has 0 amide bonds. The van der Waals surface area contributed by atoms with Gasteiger partial charge in [-0.3, -0.25) is 4.79 Å². The Balaban J connectivity index is 1.77. The van der Waals surface area contributed by atoms with Gasteiger partial charge in [0, 0.05) is 16.8 Å². The molecule has 3 nitrogen and oxygen atoms in total. The number of aromatic nitrogens is 2. The summed E-state index contributed by atoms with van der Waals surface area (Å²) < 4.78 is 0. The average Bonchev–Trinajstić information content (AvgIpc) is 2.60. The van der Waals surface area contributed by atoms with Gasteiger partial charge in [-0.05, 0) is 25.1 Å². The Morgan fingerprint density at radius 2 is 1.75 bits per heavy atom. The third-order valence-corrected chi connectivity index (χ3v) is 4.59. The lowest BCUT2D eigenvalue weighted by Gasteiger charge is -2.06. The summed E-state index contributed by atoms with van der Waals surface area (Å²) in [7, 11) is 0. The van der Waals surface area contributed by atoms with Gasteiger partial charge in [0.2, 0.25) is 0 Å². The molecular weight excluding hydrogens is 340 g/mol. The Bertz CT molecular complexity index is 868. The lowest BCUT2D eigenvalue weighted by molar-refractivity contribution is 0.102. The number of ketones is 1. The second kappa shape index (κ2) is 7.60. The highest BCUT2D eigenvalue weighted by Crippen LogP contribution is 2.23. The van der Waals surface area contributed by atoms with Crippen molar-refractivity contribution in [2.24, 2.45) is 0 Å². The third-order valence-electron chi connectivity index (χ3n) is 3.41. The Morgan fingerprint density at radius 1 is 1.04 bits per heavy atom. The van der Waals surface area contributed by atoms with Crippen molar-refractivity contribution in [2.75, 3.05) is 5.75 Å². The van der Waals surface area contributed by atoms with Gasteiger partial charge in [0.05, 0.1) is 16.5 Å². The van der Waals surface area contributed by atoms with Gasteiger partial charge in [0.15, 0.2) is 10.9 Å². The molecule has 0 atom stereocenters. The van der Waals surface area contributed by atoms with Gasteiger partial charge in [-0.2, -0.15) is 0 Å². The minimum atomic E-state index is -0.0306. The number of carbonyl (C=O) groups excluding carboxylic acids is 1. The van der Waals surface area contributed by atoms with Crippen molar-refractivity contribution < 1.29 is 4.79 Å². The van der Waals surface area contributed by atoms with Crippen LogP contribution in [0.3, 0.4) is 0 Å². The molecular formula is C19H15ClN2OS. The molecule has 0 fully saturated rings. The van der Waals surface area contributed by atoms with Crippen molar-refractivity contribution in [1.82, 2.24) is 9.97 Å². The van der Waals surface area contributed by atoms with Gasteiger partial charge in [-0.25, -0.2) is 9.97 Å². The molecule has 0 aliphatic rings. The van der Waals surface area contributed by atoms with Gasteiger partial charge in [-0.1, -0.05) is 65.8 Å². The lowest BCUT2D eigenvalue weighted by Crippen LogP contribution is -2.04. The first-order valence-electron chi connectivity index (χ1n) is 7.45. The number of rotatable bonds is 5. The van der Waals surface area contributed by atoms with Crippen LogP contribution in [0.5, 0.6) is 0 Å². The number of halogens is 1. The Hall–Kier alpha value is -2.17. The maximum absolute atomic E-state index is 12.3. The van der Waals surface area contributed by atoms with E-state index >= 15 is 0 Å². The number of thioether (sulfide) groups is 1. The summed E-state index contributed by atoms with van der Waals surface area (Å²) in [5, 5.41) is 1.06. The molecule has 120 valence electrons. The van der Waals surface area contributed by atoms with Crippen LogP contribution in [0.1, 0.15) is 16.1 Å². The molecule has 0 aliphatic carbocycles. The molecule has 0 saturated carbocycles. The fraction of sp³-hybridized carbons (Fsp3) is 0.105. The SMILES string of the molecule is Cc1cc(-c2ccccc2)nc(SCC(=O)c2ccccc2Cl)n1. The molecule has 0 radical (unpaired) electrons. The first kappa shape index (κ1) is 16.7. The zero-order chi connectivity index (χ0) is 16.9. The minimum Gasteiger partial charge on any atom is -0.293 e. The van der Waals surface area contributed by atoms with E-state index in [1.807, 2.05) is 49.4 Å². The number of aryl methyl sites for hydroxylation is 1. The van der Waals surface area contributed by atoms with E-state index in [1.54, 1.807) is 18.2 Å². The van der Waals surface area contributed by atoms with E-state index in [9.17, 15) is 4.79 Å². The van der Waals surface area contributed by atoms with E-state index in [1.165, 1.54) is 11.8 Å². The summed E-state index contributed by atoms with van der Waals surface area (Å²) in [6, 6.07) is 18.9. The number of carbonyl (C=O) groups is 1. The summed E-state index contributed by atoms with van der Waals surface area (Å²) in [6.07, 6.45) is 0. The summed E-state index contributed by atoms with van der Waals surface area (Å²) in [5.74, 6) is 0.221.